The number of halogens is 2. The summed E-state index contributed by atoms with van der Waals surface area (Å²) < 4.78 is 15.7. The van der Waals surface area contributed by atoms with Crippen LogP contribution in [0.4, 0.5) is 0 Å². The lowest BCUT2D eigenvalue weighted by molar-refractivity contribution is -0.138. The fourth-order valence-electron chi connectivity index (χ4n) is 14.0. The number of thiophene rings is 2. The molecule has 14 rings (SSSR count). The minimum Gasteiger partial charge on any atom is -0.493 e. The first-order valence-electron chi connectivity index (χ1n) is 35.8. The molecule has 2 fully saturated rings. The van der Waals surface area contributed by atoms with Crippen LogP contribution in [-0.2, 0) is 28.8 Å². The van der Waals surface area contributed by atoms with E-state index in [-0.39, 0.29) is 72.5 Å². The van der Waals surface area contributed by atoms with E-state index in [1.807, 2.05) is 66.9 Å². The lowest BCUT2D eigenvalue weighted by atomic mass is 9.99. The summed E-state index contributed by atoms with van der Waals surface area (Å²) >= 11 is 15.6. The second kappa shape index (κ2) is 33.3. The van der Waals surface area contributed by atoms with Crippen LogP contribution in [0.1, 0.15) is 236 Å². The van der Waals surface area contributed by atoms with Gasteiger partial charge in [-0.2, -0.15) is 0 Å². The third-order valence-electron chi connectivity index (χ3n) is 19.7. The van der Waals surface area contributed by atoms with Crippen LogP contribution in [0.2, 0.25) is 10.0 Å². The van der Waals surface area contributed by atoms with E-state index in [2.05, 4.69) is 70.2 Å². The fourth-order valence-corrected chi connectivity index (χ4v) is 16.7. The molecule has 4 aromatic carbocycles. The second-order valence-electron chi connectivity index (χ2n) is 27.0. The van der Waals surface area contributed by atoms with Crippen molar-refractivity contribution >= 4 is 116 Å². The van der Waals surface area contributed by atoms with Crippen molar-refractivity contribution in [3.05, 3.63) is 184 Å². The number of unbranched alkanes of at least 4 members (excludes halogenated alkanes) is 8. The van der Waals surface area contributed by atoms with Crippen LogP contribution in [0.5, 0.6) is 11.5 Å². The van der Waals surface area contributed by atoms with Gasteiger partial charge in [0.25, 0.3) is 23.6 Å². The summed E-state index contributed by atoms with van der Waals surface area (Å²) in [6.45, 7) is 15.1. The monoisotopic (exact) mass is 1530 g/mol. The molecule has 0 bridgehead atoms. The summed E-state index contributed by atoms with van der Waals surface area (Å²) in [6.07, 6.45) is 10.4. The highest BCUT2D eigenvalue weighted by Gasteiger charge is 2.48. The number of carbonyl (C=O) groups is 10. The molecule has 107 heavy (non-hydrogen) atoms. The lowest BCUT2D eigenvalue weighted by Crippen LogP contribution is -2.54. The summed E-state index contributed by atoms with van der Waals surface area (Å²) in [6, 6.07) is 21.7. The minimum absolute atomic E-state index is 0.0576. The maximum atomic E-state index is 13.4. The molecule has 0 saturated carbocycles. The first-order valence-corrected chi connectivity index (χ1v) is 38.2. The standard InChI is InChI=1S/C39H39ClN6O6S.C20H24N2O5.C19H17ClN4O2S/c1-21-22(2)53-39-32(21)34(24-13-15-25(40)16-14-24)41-28(35-44-43-23(3)45(35)39)20-26(47)10-7-5-4-6-8-19-52-30-12-9-11-27-33(30)38(51)46(37(27)50)29-17-18-31(48)42-36(29)49;1-2-3-4-5-6-12-27-15-9-7-8-13-17(15)20(26)22(19(13)25)14-10-11-16(23)21-18(14)24;1-9-10(2)27-19-16(9)17(12-4-6-13(20)7-5-12)21-14(8-15(25)26)18-23-22-11(3)24(18)19/h9,11-16,28-29H,4-8,10,17-20H2,1-3H3,(H,42,48,49);7-9,14H,2-6,10-12H2,1H3,(H,21,23,24);4-7,14H,8H2,1-3H3,(H,25,26)/t28-,29?;;14-/m0.0/s1. The van der Waals surface area contributed by atoms with E-state index >= 15 is 0 Å². The predicted octanol–water partition coefficient (Wildman–Crippen LogP) is 13.3. The molecule has 0 radical (unpaired) electrons. The van der Waals surface area contributed by atoms with Crippen LogP contribution in [-0.4, -0.2) is 140 Å². The number of amides is 8. The predicted molar refractivity (Wildman–Crippen MR) is 402 cm³/mol. The van der Waals surface area contributed by atoms with Crippen LogP contribution >= 0.6 is 45.9 Å². The molecule has 6 aliphatic heterocycles. The Hall–Kier alpha value is -10.2. The molecule has 0 spiro atoms. The quantitative estimate of drug-likeness (QED) is 0.0374. The van der Waals surface area contributed by atoms with Gasteiger partial charge in [0.15, 0.2) is 11.6 Å². The van der Waals surface area contributed by atoms with Crippen LogP contribution < -0.4 is 20.1 Å². The number of ether oxygens (including phenoxy) is 2. The maximum Gasteiger partial charge on any atom is 0.306 e. The number of rotatable bonds is 24. The number of carboxylic acids is 1. The Morgan fingerprint density at radius 1 is 0.514 bits per heavy atom. The summed E-state index contributed by atoms with van der Waals surface area (Å²) in [5.41, 5.74) is 8.50. The first kappa shape index (κ1) is 76.4. The lowest BCUT2D eigenvalue weighted by Gasteiger charge is -2.27. The van der Waals surface area contributed by atoms with Crippen LogP contribution in [0.3, 0.4) is 0 Å². The van der Waals surface area contributed by atoms with Crippen molar-refractivity contribution in [2.75, 3.05) is 13.2 Å². The Balaban J connectivity index is 0.000000166. The smallest absolute Gasteiger partial charge is 0.306 e. The van der Waals surface area contributed by atoms with E-state index in [9.17, 15) is 53.1 Å². The maximum absolute atomic E-state index is 13.4. The van der Waals surface area contributed by atoms with Crippen molar-refractivity contribution in [1.29, 1.82) is 0 Å². The molecular formula is C78H80Cl2N12O13S2. The van der Waals surface area contributed by atoms with E-state index < -0.39 is 71.5 Å². The van der Waals surface area contributed by atoms with Crippen LogP contribution in [0, 0.1) is 41.5 Å². The number of fused-ring (bicyclic) bond motifs is 8. The third-order valence-corrected chi connectivity index (χ3v) is 22.6. The van der Waals surface area contributed by atoms with E-state index in [0.717, 1.165) is 128 Å². The molecule has 556 valence electrons. The van der Waals surface area contributed by atoms with Crippen molar-refractivity contribution in [1.82, 2.24) is 50.0 Å². The zero-order valence-electron chi connectivity index (χ0n) is 60.2. The Morgan fingerprint density at radius 3 is 1.35 bits per heavy atom. The molecule has 2 unspecified atom stereocenters. The number of nitrogens with one attached hydrogen (secondary N) is 2. The van der Waals surface area contributed by atoms with E-state index in [1.165, 1.54) is 22.6 Å². The second-order valence-corrected chi connectivity index (χ2v) is 30.3. The molecule has 0 aliphatic carbocycles. The molecule has 25 nitrogen and oxygen atoms in total. The molecule has 2 saturated heterocycles. The number of carbonyl (C=O) groups excluding carboxylic acids is 9. The Kier molecular flexibility index (Phi) is 23.8. The highest BCUT2D eigenvalue weighted by atomic mass is 35.5. The van der Waals surface area contributed by atoms with E-state index in [4.69, 9.17) is 42.7 Å². The summed E-state index contributed by atoms with van der Waals surface area (Å²) in [5, 5.41) is 34.4. The van der Waals surface area contributed by atoms with Gasteiger partial charge in [0.2, 0.25) is 23.6 Å². The van der Waals surface area contributed by atoms with E-state index in [0.29, 0.717) is 52.8 Å². The number of aromatic nitrogens is 6. The number of aryl methyl sites for hydroxylation is 4. The fraction of sp³-hybridized carbons (Fsp3) is 0.385. The van der Waals surface area contributed by atoms with Crippen molar-refractivity contribution < 1.29 is 62.5 Å². The first-order chi connectivity index (χ1) is 51.4. The zero-order chi connectivity index (χ0) is 76.1. The van der Waals surface area contributed by atoms with Gasteiger partial charge in [0.05, 0.1) is 53.3 Å². The SMILES string of the molecule is CCCCCCCOc1cccc2c1C(=O)N(C1CCC(=O)NC1=O)C2=O.Cc1sc2c(c1C)C(c1ccc(Cl)cc1)=N[C@@H](CC(=O)CCCCCCCOc1cccc3c1C(=O)N(C1CCC(=O)NC1=O)C3=O)c1nnc(C)n1-2.Cc1sc2c(c1C)C(c1ccc(Cl)cc1)=N[C@@H](CC(=O)O)c1nnc(C)n1-2. The average Bonchev–Trinajstić information content (AvgIpc) is 1.61. The molecule has 8 aromatic rings. The Bertz CT molecular complexity index is 4940. The number of hydrogen-bond acceptors (Lipinski definition) is 20. The normalized spacial score (nSPS) is 17.7. The minimum atomic E-state index is -1.03. The third kappa shape index (κ3) is 16.1. The molecule has 4 aromatic heterocycles. The van der Waals surface area contributed by atoms with Crippen molar-refractivity contribution in [3.63, 3.8) is 0 Å². The van der Waals surface area contributed by atoms with Gasteiger partial charge in [-0.3, -0.25) is 87.5 Å². The van der Waals surface area contributed by atoms with Gasteiger partial charge in [0.1, 0.15) is 63.1 Å². The van der Waals surface area contributed by atoms with Gasteiger partial charge in [-0.1, -0.05) is 111 Å². The van der Waals surface area contributed by atoms with Crippen LogP contribution in [0.15, 0.2) is 94.9 Å². The summed E-state index contributed by atoms with van der Waals surface area (Å²) in [5.74, 6) is -1.72. The highest BCUT2D eigenvalue weighted by molar-refractivity contribution is 7.15. The van der Waals surface area contributed by atoms with Crippen molar-refractivity contribution in [2.24, 2.45) is 9.98 Å². The number of ketones is 1. The molecule has 3 N–H and O–H groups in total. The van der Waals surface area contributed by atoms with Gasteiger partial charge >= 0.3 is 5.97 Å². The molecular weight excluding hydrogens is 1450 g/mol. The number of carboxylic acid groups (broad SMARTS) is 1. The van der Waals surface area contributed by atoms with Gasteiger partial charge in [-0.25, -0.2) is 0 Å². The molecule has 8 amide bonds. The van der Waals surface area contributed by atoms with Gasteiger partial charge in [-0.05, 0) is 133 Å². The average molecular weight is 1530 g/mol. The topological polar surface area (TPSA) is 326 Å². The molecule has 10 heterocycles. The summed E-state index contributed by atoms with van der Waals surface area (Å²) in [4.78, 5) is 139. The Morgan fingerprint density at radius 2 is 0.925 bits per heavy atom. The molecule has 29 heteroatoms. The summed E-state index contributed by atoms with van der Waals surface area (Å²) in [7, 11) is 0. The highest BCUT2D eigenvalue weighted by Crippen LogP contribution is 2.43. The van der Waals surface area contributed by atoms with Crippen LogP contribution in [0.25, 0.3) is 10.0 Å². The van der Waals surface area contributed by atoms with Gasteiger partial charge in [0, 0.05) is 67.7 Å². The number of aliphatic carboxylic acids is 1. The number of nitrogens with zero attached hydrogens (tertiary/aromatic N) is 10. The van der Waals surface area contributed by atoms with Crippen molar-refractivity contribution in [2.45, 2.75) is 182 Å². The number of imide groups is 4. The largest absolute Gasteiger partial charge is 0.493 e. The molecule has 4 atom stereocenters. The number of hydrogen-bond donors (Lipinski definition) is 3. The molecule has 6 aliphatic rings. The zero-order valence-corrected chi connectivity index (χ0v) is 63.4. The number of Topliss-reactive ketones (excluding diaryl/α,β-unsaturated/α-hetero) is 1. The van der Waals surface area contributed by atoms with Gasteiger partial charge in [-0.15, -0.1) is 43.1 Å². The number of benzene rings is 4. The van der Waals surface area contributed by atoms with Crippen molar-refractivity contribution in [3.8, 4) is 21.5 Å². The Labute approximate surface area is 635 Å². The number of piperidine rings is 2. The number of aliphatic imine (C=N–C) groups is 2. The van der Waals surface area contributed by atoms with E-state index in [1.54, 1.807) is 59.1 Å². The van der Waals surface area contributed by atoms with Gasteiger partial charge < -0.3 is 14.6 Å².